The first-order chi connectivity index (χ1) is 6.20. The third-order valence-electron chi connectivity index (χ3n) is 1.75. The maximum atomic E-state index is 10.4. The van der Waals surface area contributed by atoms with Crippen LogP contribution in [0.2, 0.25) is 0 Å². The van der Waals surface area contributed by atoms with Crippen LogP contribution in [0, 0.1) is 12.3 Å². The molecule has 0 fully saturated rings. The summed E-state index contributed by atoms with van der Waals surface area (Å²) in [6.07, 6.45) is 8.41. The highest BCUT2D eigenvalue weighted by atomic mass is 16.4. The van der Waals surface area contributed by atoms with Gasteiger partial charge in [0.15, 0.2) is 0 Å². The first-order valence-electron chi connectivity index (χ1n) is 4.58. The normalized spacial score (nSPS) is 9.92. The number of hydrogen-bond acceptors (Lipinski definition) is 2. The minimum Gasteiger partial charge on any atom is -0.480 e. The topological polar surface area (TPSA) is 40.5 Å². The van der Waals surface area contributed by atoms with Gasteiger partial charge in [-0.2, -0.15) is 0 Å². The van der Waals surface area contributed by atoms with Gasteiger partial charge in [0.05, 0.1) is 13.1 Å². The van der Waals surface area contributed by atoms with E-state index in [9.17, 15) is 4.79 Å². The molecule has 0 aromatic rings. The summed E-state index contributed by atoms with van der Waals surface area (Å²) < 4.78 is 0. The lowest BCUT2D eigenvalue weighted by molar-refractivity contribution is -0.138. The van der Waals surface area contributed by atoms with E-state index in [1.54, 1.807) is 4.90 Å². The molecule has 0 heterocycles. The van der Waals surface area contributed by atoms with Crippen LogP contribution in [0.1, 0.15) is 26.2 Å². The van der Waals surface area contributed by atoms with E-state index < -0.39 is 5.97 Å². The van der Waals surface area contributed by atoms with Gasteiger partial charge >= 0.3 is 5.97 Å². The van der Waals surface area contributed by atoms with Crippen LogP contribution in [0.5, 0.6) is 0 Å². The van der Waals surface area contributed by atoms with Crippen LogP contribution < -0.4 is 0 Å². The van der Waals surface area contributed by atoms with Gasteiger partial charge in [-0.3, -0.25) is 9.69 Å². The molecule has 0 saturated carbocycles. The van der Waals surface area contributed by atoms with Gasteiger partial charge in [-0.25, -0.2) is 0 Å². The summed E-state index contributed by atoms with van der Waals surface area (Å²) in [5, 5.41) is 8.56. The number of hydrogen-bond donors (Lipinski definition) is 1. The van der Waals surface area contributed by atoms with Crippen molar-refractivity contribution < 1.29 is 9.90 Å². The lowest BCUT2D eigenvalue weighted by Crippen LogP contribution is -2.31. The fraction of sp³-hybridized carbons (Fsp3) is 0.700. The minimum absolute atomic E-state index is 0.0495. The molecule has 0 spiro atoms. The Labute approximate surface area is 79.7 Å². The van der Waals surface area contributed by atoms with E-state index in [0.717, 1.165) is 25.8 Å². The van der Waals surface area contributed by atoms with Gasteiger partial charge in [-0.15, -0.1) is 6.42 Å². The molecule has 13 heavy (non-hydrogen) atoms. The molecule has 0 unspecified atom stereocenters. The summed E-state index contributed by atoms with van der Waals surface area (Å²) in [6, 6.07) is 0. The smallest absolute Gasteiger partial charge is 0.317 e. The number of carboxylic acids is 1. The third kappa shape index (κ3) is 7.35. The monoisotopic (exact) mass is 183 g/mol. The van der Waals surface area contributed by atoms with Gasteiger partial charge in [0.2, 0.25) is 0 Å². The molecule has 0 saturated heterocycles. The first-order valence-corrected chi connectivity index (χ1v) is 4.58. The lowest BCUT2D eigenvalue weighted by atomic mass is 10.2. The quantitative estimate of drug-likeness (QED) is 0.476. The molecule has 0 bridgehead atoms. The number of nitrogens with zero attached hydrogens (tertiary/aromatic N) is 1. The lowest BCUT2D eigenvalue weighted by Gasteiger charge is -2.16. The highest BCUT2D eigenvalue weighted by Gasteiger charge is 2.06. The van der Waals surface area contributed by atoms with E-state index >= 15 is 0 Å². The number of carboxylic acid groups (broad SMARTS) is 1. The summed E-state index contributed by atoms with van der Waals surface area (Å²) in [5.74, 6) is 1.65. The molecule has 0 aromatic heterocycles. The predicted octanol–water partition coefficient (Wildman–Crippen LogP) is 1.20. The van der Waals surface area contributed by atoms with Crippen LogP contribution in [0.25, 0.3) is 0 Å². The van der Waals surface area contributed by atoms with Gasteiger partial charge < -0.3 is 5.11 Å². The van der Waals surface area contributed by atoms with Crippen molar-refractivity contribution in [3.8, 4) is 12.3 Å². The van der Waals surface area contributed by atoms with Crippen LogP contribution in [0.15, 0.2) is 0 Å². The Morgan fingerprint density at radius 3 is 2.69 bits per heavy atom. The van der Waals surface area contributed by atoms with Gasteiger partial charge in [0.25, 0.3) is 0 Å². The minimum atomic E-state index is -0.813. The van der Waals surface area contributed by atoms with Gasteiger partial charge in [-0.05, 0) is 13.0 Å². The average molecular weight is 183 g/mol. The van der Waals surface area contributed by atoms with E-state index in [1.807, 2.05) is 0 Å². The molecular formula is C10H17NO2. The first kappa shape index (κ1) is 12.0. The number of unbranched alkanes of at least 4 members (excludes halogenated alkanes) is 2. The molecule has 74 valence electrons. The molecule has 0 rings (SSSR count). The predicted molar refractivity (Wildman–Crippen MR) is 52.4 cm³/mol. The molecule has 0 aliphatic carbocycles. The molecular weight excluding hydrogens is 166 g/mol. The fourth-order valence-electron chi connectivity index (χ4n) is 1.12. The third-order valence-corrected chi connectivity index (χ3v) is 1.75. The molecule has 3 heteroatoms. The van der Waals surface area contributed by atoms with E-state index in [1.165, 1.54) is 0 Å². The van der Waals surface area contributed by atoms with E-state index in [2.05, 4.69) is 12.8 Å². The van der Waals surface area contributed by atoms with E-state index in [4.69, 9.17) is 11.5 Å². The summed E-state index contributed by atoms with van der Waals surface area (Å²) in [7, 11) is 0. The van der Waals surface area contributed by atoms with Crippen molar-refractivity contribution in [2.24, 2.45) is 0 Å². The van der Waals surface area contributed by atoms with Crippen LogP contribution in [0.4, 0.5) is 0 Å². The molecule has 0 amide bonds. The average Bonchev–Trinajstić information content (AvgIpc) is 2.04. The Hall–Kier alpha value is -1.01. The number of rotatable bonds is 7. The molecule has 0 aliphatic heterocycles. The second-order valence-corrected chi connectivity index (χ2v) is 3.02. The Morgan fingerprint density at radius 1 is 1.54 bits per heavy atom. The SMILES string of the molecule is C#CCN(CCCCC)CC(=O)O. The zero-order valence-electron chi connectivity index (χ0n) is 8.12. The van der Waals surface area contributed by atoms with Crippen molar-refractivity contribution >= 4 is 5.97 Å². The van der Waals surface area contributed by atoms with Gasteiger partial charge in [0.1, 0.15) is 0 Å². The Morgan fingerprint density at radius 2 is 2.23 bits per heavy atom. The highest BCUT2D eigenvalue weighted by Crippen LogP contribution is 1.97. The second kappa shape index (κ2) is 7.63. The van der Waals surface area contributed by atoms with Crippen molar-refractivity contribution in [1.82, 2.24) is 4.90 Å². The molecule has 0 aliphatic rings. The van der Waals surface area contributed by atoms with Gasteiger partial charge in [-0.1, -0.05) is 25.7 Å². The van der Waals surface area contributed by atoms with Crippen LogP contribution >= 0.6 is 0 Å². The maximum Gasteiger partial charge on any atom is 0.317 e. The number of terminal acetylenes is 1. The standard InChI is InChI=1S/C10H17NO2/c1-3-5-6-8-11(7-4-2)9-10(12)13/h2H,3,5-9H2,1H3,(H,12,13). The van der Waals surface area contributed by atoms with Crippen LogP contribution in [-0.4, -0.2) is 35.6 Å². The molecule has 0 atom stereocenters. The van der Waals surface area contributed by atoms with Gasteiger partial charge in [0, 0.05) is 0 Å². The molecule has 0 radical (unpaired) electrons. The number of aliphatic carboxylic acids is 1. The maximum absolute atomic E-state index is 10.4. The second-order valence-electron chi connectivity index (χ2n) is 3.02. The Bertz CT molecular complexity index is 184. The largest absolute Gasteiger partial charge is 0.480 e. The van der Waals surface area contributed by atoms with Crippen LogP contribution in [-0.2, 0) is 4.79 Å². The summed E-state index contributed by atoms with van der Waals surface area (Å²) in [5.41, 5.74) is 0. The Kier molecular flexibility index (Phi) is 7.04. The van der Waals surface area contributed by atoms with E-state index in [-0.39, 0.29) is 6.54 Å². The van der Waals surface area contributed by atoms with Crippen molar-refractivity contribution in [2.45, 2.75) is 26.2 Å². The fourth-order valence-corrected chi connectivity index (χ4v) is 1.12. The van der Waals surface area contributed by atoms with Crippen LogP contribution in [0.3, 0.4) is 0 Å². The zero-order valence-corrected chi connectivity index (χ0v) is 8.12. The summed E-state index contributed by atoms with van der Waals surface area (Å²) >= 11 is 0. The van der Waals surface area contributed by atoms with Crippen molar-refractivity contribution in [3.05, 3.63) is 0 Å². The van der Waals surface area contributed by atoms with E-state index in [0.29, 0.717) is 6.54 Å². The molecule has 1 N–H and O–H groups in total. The Balaban J connectivity index is 3.68. The van der Waals surface area contributed by atoms with Crippen molar-refractivity contribution in [1.29, 1.82) is 0 Å². The summed E-state index contributed by atoms with van der Waals surface area (Å²) in [4.78, 5) is 12.2. The van der Waals surface area contributed by atoms with Crippen molar-refractivity contribution in [3.63, 3.8) is 0 Å². The van der Waals surface area contributed by atoms with Crippen molar-refractivity contribution in [2.75, 3.05) is 19.6 Å². The molecule has 0 aromatic carbocycles. The highest BCUT2D eigenvalue weighted by molar-refractivity contribution is 5.69. The summed E-state index contributed by atoms with van der Waals surface area (Å²) in [6.45, 7) is 3.37. The molecule has 3 nitrogen and oxygen atoms in total. The zero-order chi connectivity index (χ0) is 10.1. The number of carbonyl (C=O) groups is 1.